The molecule has 0 spiro atoms. The summed E-state index contributed by atoms with van der Waals surface area (Å²) in [4.78, 5) is 64.2. The molecule has 11 heteroatoms. The van der Waals surface area contributed by atoms with Gasteiger partial charge in [0.15, 0.2) is 0 Å². The van der Waals surface area contributed by atoms with E-state index >= 15 is 0 Å². The van der Waals surface area contributed by atoms with E-state index in [2.05, 4.69) is 10.3 Å². The van der Waals surface area contributed by atoms with E-state index in [4.69, 9.17) is 4.74 Å². The molecule has 0 aliphatic rings. The Hall–Kier alpha value is -3.89. The summed E-state index contributed by atoms with van der Waals surface area (Å²) in [6, 6.07) is 7.54. The molecule has 0 aliphatic heterocycles. The number of H-pyrrole nitrogens is 1. The van der Waals surface area contributed by atoms with Crippen molar-refractivity contribution in [1.82, 2.24) is 19.8 Å². The average molecular weight is 475 g/mol. The van der Waals surface area contributed by atoms with Gasteiger partial charge >= 0.3 is 17.8 Å². The van der Waals surface area contributed by atoms with Crippen LogP contribution < -0.4 is 16.6 Å². The number of carboxylic acids is 1. The molecule has 0 saturated heterocycles. The third-order valence-electron chi connectivity index (χ3n) is 4.77. The van der Waals surface area contributed by atoms with Crippen molar-refractivity contribution in [2.75, 3.05) is 13.1 Å². The van der Waals surface area contributed by atoms with Crippen LogP contribution in [0.1, 0.15) is 31.9 Å². The minimum Gasteiger partial charge on any atom is -0.480 e. The van der Waals surface area contributed by atoms with Crippen LogP contribution in [-0.2, 0) is 27.3 Å². The number of amides is 2. The fraction of sp³-hybridized carbons (Fsp3) is 0.435. The maximum atomic E-state index is 13.2. The van der Waals surface area contributed by atoms with E-state index in [0.717, 1.165) is 9.47 Å². The second-order valence-electron chi connectivity index (χ2n) is 8.76. The zero-order valence-electron chi connectivity index (χ0n) is 19.7. The van der Waals surface area contributed by atoms with Crippen LogP contribution >= 0.6 is 0 Å². The molecule has 3 N–H and O–H groups in total. The Balaban J connectivity index is 2.27. The molecule has 1 aromatic carbocycles. The first-order valence-corrected chi connectivity index (χ1v) is 10.7. The number of aryl methyl sites for hydroxylation is 1. The minimum atomic E-state index is -1.25. The Bertz CT molecular complexity index is 1130. The summed E-state index contributed by atoms with van der Waals surface area (Å²) in [5.74, 6) is -1.90. The number of aromatic nitrogens is 2. The molecule has 11 nitrogen and oxygen atoms in total. The summed E-state index contributed by atoms with van der Waals surface area (Å²) in [6.45, 7) is 5.89. The maximum Gasteiger partial charge on any atom is 0.407 e. The third-order valence-corrected chi connectivity index (χ3v) is 4.77. The van der Waals surface area contributed by atoms with E-state index < -0.39 is 47.4 Å². The molecule has 0 radical (unpaired) electrons. The highest BCUT2D eigenvalue weighted by Crippen LogP contribution is 2.11. The van der Waals surface area contributed by atoms with Crippen molar-refractivity contribution in [3.8, 4) is 0 Å². The van der Waals surface area contributed by atoms with E-state index in [1.54, 1.807) is 51.1 Å². The Morgan fingerprint density at radius 2 is 1.82 bits per heavy atom. The number of nitrogens with one attached hydrogen (secondary N) is 2. The lowest BCUT2D eigenvalue weighted by atomic mass is 10.0. The number of hydrogen-bond acceptors (Lipinski definition) is 6. The van der Waals surface area contributed by atoms with Crippen LogP contribution in [0.4, 0.5) is 4.79 Å². The molecule has 0 saturated carbocycles. The number of hydrogen-bond donors (Lipinski definition) is 3. The number of alkyl carbamates (subject to hydrolysis) is 1. The largest absolute Gasteiger partial charge is 0.480 e. The number of carboxylic acid groups (broad SMARTS) is 1. The maximum absolute atomic E-state index is 13.2. The number of ether oxygens (including phenoxy) is 1. The summed E-state index contributed by atoms with van der Waals surface area (Å²) in [5.41, 5.74) is -1.15. The minimum absolute atomic E-state index is 0.0217. The predicted octanol–water partition coefficient (Wildman–Crippen LogP) is 0.894. The molecule has 2 aromatic rings. The van der Waals surface area contributed by atoms with Gasteiger partial charge in [-0.3, -0.25) is 19.1 Å². The number of carbonyl (C=O) groups excluding carboxylic acids is 2. The summed E-state index contributed by atoms with van der Waals surface area (Å²) >= 11 is 0. The van der Waals surface area contributed by atoms with E-state index in [1.807, 2.05) is 0 Å². The smallest absolute Gasteiger partial charge is 0.407 e. The van der Waals surface area contributed by atoms with Crippen LogP contribution in [0.5, 0.6) is 0 Å². The fourth-order valence-corrected chi connectivity index (χ4v) is 3.19. The highest BCUT2D eigenvalue weighted by molar-refractivity contribution is 5.84. The predicted molar refractivity (Wildman–Crippen MR) is 124 cm³/mol. The Labute approximate surface area is 196 Å². The quantitative estimate of drug-likeness (QED) is 0.488. The molecule has 1 heterocycles. The lowest BCUT2D eigenvalue weighted by Crippen LogP contribution is -2.51. The highest BCUT2D eigenvalue weighted by Gasteiger charge is 2.30. The van der Waals surface area contributed by atoms with Crippen molar-refractivity contribution < 1.29 is 24.2 Å². The van der Waals surface area contributed by atoms with Gasteiger partial charge in [0.2, 0.25) is 5.91 Å². The van der Waals surface area contributed by atoms with Crippen LogP contribution in [-0.4, -0.2) is 62.3 Å². The van der Waals surface area contributed by atoms with Crippen LogP contribution in [0.15, 0.2) is 46.1 Å². The van der Waals surface area contributed by atoms with Crippen LogP contribution in [0, 0.1) is 6.92 Å². The van der Waals surface area contributed by atoms with Gasteiger partial charge in [0.05, 0.1) is 0 Å². The summed E-state index contributed by atoms with van der Waals surface area (Å²) in [6.07, 6.45) is 0.555. The zero-order chi connectivity index (χ0) is 25.5. The summed E-state index contributed by atoms with van der Waals surface area (Å²) in [7, 11) is 0. The first-order valence-electron chi connectivity index (χ1n) is 10.7. The molecule has 184 valence electrons. The van der Waals surface area contributed by atoms with Gasteiger partial charge in [0.25, 0.3) is 5.56 Å². The van der Waals surface area contributed by atoms with Gasteiger partial charge in [0, 0.05) is 31.3 Å². The van der Waals surface area contributed by atoms with Crippen molar-refractivity contribution in [3.05, 3.63) is 68.5 Å². The van der Waals surface area contributed by atoms with Gasteiger partial charge in [-0.05, 0) is 33.3 Å². The topological polar surface area (TPSA) is 151 Å². The van der Waals surface area contributed by atoms with Gasteiger partial charge in [0.1, 0.15) is 18.2 Å². The lowest BCUT2D eigenvalue weighted by Gasteiger charge is -2.30. The summed E-state index contributed by atoms with van der Waals surface area (Å²) < 4.78 is 6.18. The number of aliphatic carboxylic acids is 1. The van der Waals surface area contributed by atoms with Gasteiger partial charge < -0.3 is 20.1 Å². The van der Waals surface area contributed by atoms with E-state index in [1.165, 1.54) is 13.1 Å². The molecule has 1 aromatic heterocycles. The zero-order valence-corrected chi connectivity index (χ0v) is 19.7. The molecule has 0 unspecified atom stereocenters. The van der Waals surface area contributed by atoms with Crippen LogP contribution in [0.25, 0.3) is 0 Å². The first kappa shape index (κ1) is 26.4. The van der Waals surface area contributed by atoms with Crippen molar-refractivity contribution in [2.45, 2.75) is 52.3 Å². The van der Waals surface area contributed by atoms with Gasteiger partial charge in [-0.15, -0.1) is 0 Å². The van der Waals surface area contributed by atoms with E-state index in [-0.39, 0.29) is 25.1 Å². The SMILES string of the molecule is Cc1cn(CC(=O)N(CCNC(=O)OC(C)(C)C)[C@@H](Cc2ccccc2)C(=O)O)c(=O)[nH]c1=O. The van der Waals surface area contributed by atoms with Gasteiger partial charge in [-0.2, -0.15) is 0 Å². The van der Waals surface area contributed by atoms with Gasteiger partial charge in [-0.1, -0.05) is 30.3 Å². The monoisotopic (exact) mass is 474 g/mol. The Morgan fingerprint density at radius 1 is 1.18 bits per heavy atom. The van der Waals surface area contributed by atoms with Crippen molar-refractivity contribution in [2.24, 2.45) is 0 Å². The van der Waals surface area contributed by atoms with Crippen molar-refractivity contribution in [3.63, 3.8) is 0 Å². The van der Waals surface area contributed by atoms with Crippen molar-refractivity contribution in [1.29, 1.82) is 0 Å². The molecule has 0 aliphatic carbocycles. The van der Waals surface area contributed by atoms with Crippen LogP contribution in [0.3, 0.4) is 0 Å². The molecule has 34 heavy (non-hydrogen) atoms. The van der Waals surface area contributed by atoms with Gasteiger partial charge in [-0.25, -0.2) is 14.4 Å². The average Bonchev–Trinajstić information content (AvgIpc) is 2.73. The van der Waals surface area contributed by atoms with E-state index in [0.29, 0.717) is 5.56 Å². The normalized spacial score (nSPS) is 12.0. The molecule has 2 amide bonds. The Morgan fingerprint density at radius 3 is 2.41 bits per heavy atom. The number of rotatable bonds is 9. The molecular formula is C23H30N4O7. The number of aromatic amines is 1. The third kappa shape index (κ3) is 7.91. The highest BCUT2D eigenvalue weighted by atomic mass is 16.6. The number of nitrogens with zero attached hydrogens (tertiary/aromatic N) is 2. The fourth-order valence-electron chi connectivity index (χ4n) is 3.19. The molecule has 0 bridgehead atoms. The second kappa shape index (κ2) is 11.3. The lowest BCUT2D eigenvalue weighted by molar-refractivity contribution is -0.150. The molecule has 2 rings (SSSR count). The summed E-state index contributed by atoms with van der Waals surface area (Å²) in [5, 5.41) is 12.4. The number of carbonyl (C=O) groups is 3. The number of benzene rings is 1. The molecule has 1 atom stereocenters. The Kier molecular flexibility index (Phi) is 8.76. The molecular weight excluding hydrogens is 444 g/mol. The second-order valence-corrected chi connectivity index (χ2v) is 8.76. The van der Waals surface area contributed by atoms with Crippen molar-refractivity contribution >= 4 is 18.0 Å². The molecule has 0 fully saturated rings. The standard InChI is InChI=1S/C23H30N4O7/c1-15-13-26(21(32)25-19(15)29)14-18(28)27(11-10-24-22(33)34-23(2,3)4)17(20(30)31)12-16-8-6-5-7-9-16/h5-9,13,17H,10-12,14H2,1-4H3,(H,24,33)(H,30,31)(H,25,29,32)/t17-/m0/s1. The first-order chi connectivity index (χ1) is 15.9. The van der Waals surface area contributed by atoms with E-state index in [9.17, 15) is 29.1 Å². The van der Waals surface area contributed by atoms with Crippen LogP contribution in [0.2, 0.25) is 0 Å².